The van der Waals surface area contributed by atoms with E-state index in [9.17, 15) is 0 Å². The molecule has 0 unspecified atom stereocenters. The lowest BCUT2D eigenvalue weighted by molar-refractivity contribution is 0.681. The van der Waals surface area contributed by atoms with Crippen LogP contribution in [0.3, 0.4) is 0 Å². The van der Waals surface area contributed by atoms with Gasteiger partial charge in [0.25, 0.3) is 0 Å². The highest BCUT2D eigenvalue weighted by Gasteiger charge is 2.48. The lowest BCUT2D eigenvalue weighted by atomic mass is 9.99. The molecule has 1 fully saturated rings. The van der Waals surface area contributed by atoms with Crippen molar-refractivity contribution in [1.29, 1.82) is 0 Å². The van der Waals surface area contributed by atoms with E-state index in [-0.39, 0.29) is 0 Å². The van der Waals surface area contributed by atoms with Crippen LogP contribution < -0.4 is 0 Å². The highest BCUT2D eigenvalue weighted by Crippen LogP contribution is 2.56. The van der Waals surface area contributed by atoms with E-state index in [2.05, 4.69) is 34.1 Å². The fourth-order valence-corrected chi connectivity index (χ4v) is 2.80. The minimum absolute atomic E-state index is 0.638. The standard InChI is InChI=1S/C11H11Br.2C2H6/c12-9-2-1-8-3-4-11(5-6-11)10(8)7-9;2*1-2/h1-2,7H,3-6H2;2*1-2H3. The van der Waals surface area contributed by atoms with Crippen LogP contribution in [0.15, 0.2) is 22.7 Å². The molecule has 0 nitrogen and oxygen atoms in total. The van der Waals surface area contributed by atoms with Crippen molar-refractivity contribution in [3.8, 4) is 0 Å². The normalized spacial score (nSPS) is 17.8. The summed E-state index contributed by atoms with van der Waals surface area (Å²) in [4.78, 5) is 0. The van der Waals surface area contributed by atoms with Gasteiger partial charge in [-0.1, -0.05) is 49.7 Å². The Balaban J connectivity index is 0.000000291. The molecule has 0 aliphatic heterocycles. The van der Waals surface area contributed by atoms with Gasteiger partial charge in [-0.2, -0.15) is 0 Å². The predicted molar refractivity (Wildman–Crippen MR) is 76.1 cm³/mol. The van der Waals surface area contributed by atoms with Crippen LogP contribution in [0.5, 0.6) is 0 Å². The molecular formula is C15H23Br. The van der Waals surface area contributed by atoms with Gasteiger partial charge >= 0.3 is 0 Å². The minimum Gasteiger partial charge on any atom is -0.0683 e. The van der Waals surface area contributed by atoms with Gasteiger partial charge < -0.3 is 0 Å². The Labute approximate surface area is 109 Å². The predicted octanol–water partition coefficient (Wildman–Crippen LogP) is 5.48. The van der Waals surface area contributed by atoms with E-state index in [1.54, 1.807) is 11.1 Å². The number of aryl methyl sites for hydroxylation is 1. The van der Waals surface area contributed by atoms with Gasteiger partial charge in [-0.05, 0) is 54.4 Å². The van der Waals surface area contributed by atoms with Gasteiger partial charge in [0.05, 0.1) is 0 Å². The number of hydrogen-bond donors (Lipinski definition) is 0. The first-order valence-electron chi connectivity index (χ1n) is 6.59. The van der Waals surface area contributed by atoms with Crippen LogP contribution in [-0.2, 0) is 11.8 Å². The molecule has 0 radical (unpaired) electrons. The van der Waals surface area contributed by atoms with Crippen molar-refractivity contribution >= 4 is 15.9 Å². The van der Waals surface area contributed by atoms with E-state index in [4.69, 9.17) is 0 Å². The highest BCUT2D eigenvalue weighted by atomic mass is 79.9. The first-order chi connectivity index (χ1) is 7.80. The van der Waals surface area contributed by atoms with Crippen molar-refractivity contribution < 1.29 is 0 Å². The molecule has 0 heterocycles. The van der Waals surface area contributed by atoms with E-state index in [1.165, 1.54) is 30.2 Å². The summed E-state index contributed by atoms with van der Waals surface area (Å²) in [6, 6.07) is 6.78. The van der Waals surface area contributed by atoms with Crippen molar-refractivity contribution in [2.75, 3.05) is 0 Å². The van der Waals surface area contributed by atoms with E-state index < -0.39 is 0 Å². The Morgan fingerprint density at radius 2 is 1.62 bits per heavy atom. The summed E-state index contributed by atoms with van der Waals surface area (Å²) < 4.78 is 1.24. The van der Waals surface area contributed by atoms with Gasteiger partial charge in [0.1, 0.15) is 0 Å². The topological polar surface area (TPSA) is 0 Å². The zero-order valence-electron chi connectivity index (χ0n) is 10.9. The summed E-state index contributed by atoms with van der Waals surface area (Å²) in [6.07, 6.45) is 5.56. The molecule has 0 bridgehead atoms. The molecule has 1 aromatic carbocycles. The molecule has 1 spiro atoms. The van der Waals surface area contributed by atoms with E-state index in [0.29, 0.717) is 5.41 Å². The molecule has 90 valence electrons. The van der Waals surface area contributed by atoms with Crippen molar-refractivity contribution in [3.63, 3.8) is 0 Å². The van der Waals surface area contributed by atoms with Gasteiger partial charge in [-0.3, -0.25) is 0 Å². The third-order valence-electron chi connectivity index (χ3n) is 3.37. The molecule has 1 aromatic rings. The van der Waals surface area contributed by atoms with Crippen LogP contribution in [0.1, 0.15) is 58.1 Å². The first kappa shape index (κ1) is 13.8. The summed E-state index contributed by atoms with van der Waals surface area (Å²) in [5.41, 5.74) is 3.87. The molecule has 2 aliphatic carbocycles. The van der Waals surface area contributed by atoms with Gasteiger partial charge in [-0.15, -0.1) is 0 Å². The number of hydrogen-bond acceptors (Lipinski definition) is 0. The quantitative estimate of drug-likeness (QED) is 0.591. The Bertz CT molecular complexity index is 337. The molecule has 2 aliphatic rings. The summed E-state index contributed by atoms with van der Waals surface area (Å²) >= 11 is 3.54. The molecule has 0 amide bonds. The van der Waals surface area contributed by atoms with Crippen LogP contribution in [0.25, 0.3) is 0 Å². The maximum Gasteiger partial charge on any atom is 0.0178 e. The number of fused-ring (bicyclic) bond motifs is 2. The lowest BCUT2D eigenvalue weighted by Crippen LogP contribution is -1.98. The van der Waals surface area contributed by atoms with Gasteiger partial charge in [0.15, 0.2) is 0 Å². The Kier molecular flexibility index (Phi) is 5.04. The number of rotatable bonds is 0. The second kappa shape index (κ2) is 5.86. The van der Waals surface area contributed by atoms with Gasteiger partial charge in [-0.25, -0.2) is 0 Å². The van der Waals surface area contributed by atoms with E-state index in [0.717, 1.165) is 0 Å². The molecule has 0 atom stereocenters. The van der Waals surface area contributed by atoms with E-state index >= 15 is 0 Å². The second-order valence-electron chi connectivity index (χ2n) is 4.08. The Morgan fingerprint density at radius 3 is 2.19 bits per heavy atom. The molecular weight excluding hydrogens is 260 g/mol. The van der Waals surface area contributed by atoms with Gasteiger partial charge in [0, 0.05) is 4.47 Å². The van der Waals surface area contributed by atoms with Crippen LogP contribution >= 0.6 is 15.9 Å². The number of halogens is 1. The van der Waals surface area contributed by atoms with Crippen molar-refractivity contribution in [2.24, 2.45) is 0 Å². The summed E-state index contributed by atoms with van der Waals surface area (Å²) in [6.45, 7) is 8.00. The third kappa shape index (κ3) is 2.51. The van der Waals surface area contributed by atoms with Crippen molar-refractivity contribution in [3.05, 3.63) is 33.8 Å². The summed E-state index contributed by atoms with van der Waals surface area (Å²) in [5, 5.41) is 0. The van der Waals surface area contributed by atoms with Gasteiger partial charge in [0.2, 0.25) is 0 Å². The van der Waals surface area contributed by atoms with Crippen molar-refractivity contribution in [1.82, 2.24) is 0 Å². The highest BCUT2D eigenvalue weighted by molar-refractivity contribution is 9.10. The minimum atomic E-state index is 0.638. The average molecular weight is 283 g/mol. The monoisotopic (exact) mass is 282 g/mol. The number of benzene rings is 1. The largest absolute Gasteiger partial charge is 0.0683 e. The smallest absolute Gasteiger partial charge is 0.0178 e. The van der Waals surface area contributed by atoms with Crippen LogP contribution in [0, 0.1) is 0 Å². The lowest BCUT2D eigenvalue weighted by Gasteiger charge is -2.07. The third-order valence-corrected chi connectivity index (χ3v) is 3.86. The molecule has 1 saturated carbocycles. The molecule has 1 heteroatoms. The first-order valence-corrected chi connectivity index (χ1v) is 7.38. The molecule has 0 N–H and O–H groups in total. The fourth-order valence-electron chi connectivity index (χ4n) is 2.44. The van der Waals surface area contributed by atoms with Crippen LogP contribution in [-0.4, -0.2) is 0 Å². The Morgan fingerprint density at radius 1 is 1.00 bits per heavy atom. The SMILES string of the molecule is Brc1ccc2c(c1)C1(CC2)CC1.CC.CC. The van der Waals surface area contributed by atoms with Crippen LogP contribution in [0.2, 0.25) is 0 Å². The molecule has 0 aromatic heterocycles. The maximum atomic E-state index is 3.54. The second-order valence-corrected chi connectivity index (χ2v) is 5.00. The average Bonchev–Trinajstić information content (AvgIpc) is 3.05. The molecule has 3 rings (SSSR count). The summed E-state index contributed by atoms with van der Waals surface area (Å²) in [5.74, 6) is 0. The zero-order valence-corrected chi connectivity index (χ0v) is 12.5. The van der Waals surface area contributed by atoms with E-state index in [1.807, 2.05) is 27.7 Å². The maximum absolute atomic E-state index is 3.54. The Hall–Kier alpha value is -0.300. The molecule has 0 saturated heterocycles. The fraction of sp³-hybridized carbons (Fsp3) is 0.600. The van der Waals surface area contributed by atoms with Crippen molar-refractivity contribution in [2.45, 2.75) is 58.8 Å². The molecule has 16 heavy (non-hydrogen) atoms. The zero-order chi connectivity index (χ0) is 12.2. The summed E-state index contributed by atoms with van der Waals surface area (Å²) in [7, 11) is 0. The van der Waals surface area contributed by atoms with Crippen LogP contribution in [0.4, 0.5) is 0 Å².